The summed E-state index contributed by atoms with van der Waals surface area (Å²) in [5.74, 6) is 1.40. The molecule has 1 saturated heterocycles. The summed E-state index contributed by atoms with van der Waals surface area (Å²) in [6, 6.07) is 9.37. The number of urea groups is 1. The predicted molar refractivity (Wildman–Crippen MR) is 102 cm³/mol. The zero-order valence-electron chi connectivity index (χ0n) is 15.9. The van der Waals surface area contributed by atoms with Crippen LogP contribution in [0.15, 0.2) is 34.9 Å². The van der Waals surface area contributed by atoms with Crippen LogP contribution >= 0.6 is 0 Å². The first kappa shape index (κ1) is 19.2. The van der Waals surface area contributed by atoms with E-state index < -0.39 is 0 Å². The van der Waals surface area contributed by atoms with E-state index in [0.29, 0.717) is 31.1 Å². The minimum absolute atomic E-state index is 0.0853. The number of amides is 2. The Balaban J connectivity index is 1.70. The van der Waals surface area contributed by atoms with Gasteiger partial charge in [-0.15, -0.1) is 0 Å². The van der Waals surface area contributed by atoms with Crippen molar-refractivity contribution in [3.63, 3.8) is 0 Å². The van der Waals surface area contributed by atoms with Crippen molar-refractivity contribution in [2.45, 2.75) is 38.8 Å². The number of benzene rings is 1. The summed E-state index contributed by atoms with van der Waals surface area (Å²) in [6.07, 6.45) is 3.00. The van der Waals surface area contributed by atoms with Crippen molar-refractivity contribution in [2.24, 2.45) is 0 Å². The van der Waals surface area contributed by atoms with Crippen LogP contribution in [0.4, 0.5) is 4.79 Å². The Morgan fingerprint density at radius 2 is 2.30 bits per heavy atom. The fourth-order valence-electron chi connectivity index (χ4n) is 3.09. The average Bonchev–Trinajstić information content (AvgIpc) is 3.38. The molecule has 1 N–H and O–H groups in total. The molecule has 1 atom stereocenters. The van der Waals surface area contributed by atoms with Gasteiger partial charge < -0.3 is 24.2 Å². The predicted octanol–water partition coefficient (Wildman–Crippen LogP) is 3.45. The molecule has 0 radical (unpaired) electrons. The van der Waals surface area contributed by atoms with Gasteiger partial charge in [-0.3, -0.25) is 0 Å². The van der Waals surface area contributed by atoms with Crippen LogP contribution in [0.25, 0.3) is 11.3 Å². The summed E-state index contributed by atoms with van der Waals surface area (Å²) >= 11 is 0. The molecule has 1 fully saturated rings. The molecule has 27 heavy (non-hydrogen) atoms. The molecule has 0 spiro atoms. The van der Waals surface area contributed by atoms with Crippen LogP contribution in [0.5, 0.6) is 5.75 Å². The molecule has 3 rings (SSSR count). The van der Waals surface area contributed by atoms with Crippen molar-refractivity contribution in [3.05, 3.63) is 36.0 Å². The number of carbonyl (C=O) groups is 1. The minimum Gasteiger partial charge on any atom is -0.497 e. The standard InChI is InChI=1S/C20H27N3O4/c1-3-9-21-20(24)23(14-18-8-5-10-26-18)13-16-12-19(27-22-16)15-6-4-7-17(11-15)25-2/h4,6-7,11-12,18H,3,5,8-10,13-14H2,1-2H3,(H,21,24)/t18-/m1/s1. The quantitative estimate of drug-likeness (QED) is 0.767. The monoisotopic (exact) mass is 373 g/mol. The largest absolute Gasteiger partial charge is 0.497 e. The van der Waals surface area contributed by atoms with E-state index >= 15 is 0 Å². The number of ether oxygens (including phenoxy) is 2. The number of hydrogen-bond acceptors (Lipinski definition) is 5. The molecule has 1 aromatic heterocycles. The van der Waals surface area contributed by atoms with Gasteiger partial charge in [0.1, 0.15) is 11.4 Å². The summed E-state index contributed by atoms with van der Waals surface area (Å²) < 4.78 is 16.4. The van der Waals surface area contributed by atoms with Crippen molar-refractivity contribution in [2.75, 3.05) is 26.8 Å². The lowest BCUT2D eigenvalue weighted by Gasteiger charge is -2.24. The molecule has 146 valence electrons. The molecule has 7 heteroatoms. The minimum atomic E-state index is -0.0988. The Labute approximate surface area is 159 Å². The van der Waals surface area contributed by atoms with E-state index in [2.05, 4.69) is 10.5 Å². The summed E-state index contributed by atoms with van der Waals surface area (Å²) in [4.78, 5) is 14.3. The third kappa shape index (κ3) is 5.23. The van der Waals surface area contributed by atoms with Gasteiger partial charge in [-0.2, -0.15) is 0 Å². The van der Waals surface area contributed by atoms with Gasteiger partial charge in [0.05, 0.1) is 19.8 Å². The number of carbonyl (C=O) groups excluding carboxylic acids is 1. The molecule has 1 aliphatic rings. The molecule has 0 bridgehead atoms. The number of methoxy groups -OCH3 is 1. The fraction of sp³-hybridized carbons (Fsp3) is 0.500. The van der Waals surface area contributed by atoms with Gasteiger partial charge in [0.2, 0.25) is 0 Å². The van der Waals surface area contributed by atoms with Crippen molar-refractivity contribution in [1.82, 2.24) is 15.4 Å². The number of nitrogens with zero attached hydrogens (tertiary/aromatic N) is 2. The zero-order chi connectivity index (χ0) is 19.1. The van der Waals surface area contributed by atoms with Crippen molar-refractivity contribution in [3.8, 4) is 17.1 Å². The Morgan fingerprint density at radius 1 is 1.41 bits per heavy atom. The lowest BCUT2D eigenvalue weighted by Crippen LogP contribution is -2.43. The van der Waals surface area contributed by atoms with Gasteiger partial charge in [0, 0.05) is 31.3 Å². The van der Waals surface area contributed by atoms with E-state index in [0.717, 1.165) is 37.2 Å². The highest BCUT2D eigenvalue weighted by Gasteiger charge is 2.23. The first-order valence-electron chi connectivity index (χ1n) is 9.44. The van der Waals surface area contributed by atoms with Crippen molar-refractivity contribution >= 4 is 6.03 Å². The van der Waals surface area contributed by atoms with Gasteiger partial charge in [0.25, 0.3) is 0 Å². The van der Waals surface area contributed by atoms with E-state index in [9.17, 15) is 4.79 Å². The third-order valence-electron chi connectivity index (χ3n) is 4.53. The van der Waals surface area contributed by atoms with Gasteiger partial charge in [-0.1, -0.05) is 24.2 Å². The highest BCUT2D eigenvalue weighted by molar-refractivity contribution is 5.74. The SMILES string of the molecule is CCCNC(=O)N(Cc1cc(-c2cccc(OC)c2)on1)C[C@H]1CCCO1. The number of aromatic nitrogens is 1. The van der Waals surface area contributed by atoms with Crippen LogP contribution in [-0.2, 0) is 11.3 Å². The van der Waals surface area contributed by atoms with Gasteiger partial charge >= 0.3 is 6.03 Å². The first-order chi connectivity index (χ1) is 13.2. The summed E-state index contributed by atoms with van der Waals surface area (Å²) in [5, 5.41) is 7.08. The topological polar surface area (TPSA) is 76.8 Å². The highest BCUT2D eigenvalue weighted by Crippen LogP contribution is 2.25. The maximum Gasteiger partial charge on any atom is 0.317 e. The molecule has 2 amide bonds. The fourth-order valence-corrected chi connectivity index (χ4v) is 3.09. The molecule has 2 aromatic rings. The molecule has 0 unspecified atom stereocenters. The third-order valence-corrected chi connectivity index (χ3v) is 4.53. The second-order valence-corrected chi connectivity index (χ2v) is 6.66. The van der Waals surface area contributed by atoms with Crippen LogP contribution in [0, 0.1) is 0 Å². The van der Waals surface area contributed by atoms with E-state index in [1.54, 1.807) is 12.0 Å². The lowest BCUT2D eigenvalue weighted by atomic mass is 10.1. The molecular formula is C20H27N3O4. The second-order valence-electron chi connectivity index (χ2n) is 6.66. The molecular weight excluding hydrogens is 346 g/mol. The average molecular weight is 373 g/mol. The summed E-state index contributed by atoms with van der Waals surface area (Å²) in [7, 11) is 1.63. The van der Waals surface area contributed by atoms with Crippen LogP contribution in [-0.4, -0.2) is 49.0 Å². The number of nitrogens with one attached hydrogen (secondary N) is 1. The molecule has 0 aliphatic carbocycles. The number of hydrogen-bond donors (Lipinski definition) is 1. The Hall–Kier alpha value is -2.54. The second kappa shape index (κ2) is 9.41. The Morgan fingerprint density at radius 3 is 3.04 bits per heavy atom. The van der Waals surface area contributed by atoms with Crippen molar-refractivity contribution < 1.29 is 18.8 Å². The first-order valence-corrected chi connectivity index (χ1v) is 9.44. The van der Waals surface area contributed by atoms with E-state index in [-0.39, 0.29) is 12.1 Å². The van der Waals surface area contributed by atoms with E-state index in [1.165, 1.54) is 0 Å². The smallest absolute Gasteiger partial charge is 0.317 e. The molecule has 0 saturated carbocycles. The van der Waals surface area contributed by atoms with Gasteiger partial charge in [-0.05, 0) is 31.4 Å². The van der Waals surface area contributed by atoms with E-state index in [4.69, 9.17) is 14.0 Å². The Kier molecular flexibility index (Phi) is 6.70. The van der Waals surface area contributed by atoms with Crippen molar-refractivity contribution in [1.29, 1.82) is 0 Å². The Bertz CT molecular complexity index is 740. The number of rotatable bonds is 8. The zero-order valence-corrected chi connectivity index (χ0v) is 15.9. The van der Waals surface area contributed by atoms with E-state index in [1.807, 2.05) is 37.3 Å². The molecule has 2 heterocycles. The molecule has 7 nitrogen and oxygen atoms in total. The van der Waals surface area contributed by atoms with Crippen LogP contribution in [0.3, 0.4) is 0 Å². The maximum absolute atomic E-state index is 12.5. The normalized spacial score (nSPS) is 16.3. The lowest BCUT2D eigenvalue weighted by molar-refractivity contribution is 0.0789. The summed E-state index contributed by atoms with van der Waals surface area (Å²) in [5.41, 5.74) is 1.59. The highest BCUT2D eigenvalue weighted by atomic mass is 16.5. The molecule has 1 aliphatic heterocycles. The van der Waals surface area contributed by atoms with Crippen LogP contribution < -0.4 is 10.1 Å². The summed E-state index contributed by atoms with van der Waals surface area (Å²) in [6.45, 7) is 4.37. The maximum atomic E-state index is 12.5. The van der Waals surface area contributed by atoms with Gasteiger partial charge in [-0.25, -0.2) is 4.79 Å². The van der Waals surface area contributed by atoms with Crippen LogP contribution in [0.1, 0.15) is 31.9 Å². The van der Waals surface area contributed by atoms with Gasteiger partial charge in [0.15, 0.2) is 5.76 Å². The molecule has 1 aromatic carbocycles. The van der Waals surface area contributed by atoms with Crippen LogP contribution in [0.2, 0.25) is 0 Å².